The van der Waals surface area contributed by atoms with Crippen LogP contribution in [-0.2, 0) is 52.4 Å². The Bertz CT molecular complexity index is 778. The summed E-state index contributed by atoms with van der Waals surface area (Å²) in [5.74, 6) is -3.39. The van der Waals surface area contributed by atoms with Gasteiger partial charge in [-0.15, -0.1) is 0 Å². The summed E-state index contributed by atoms with van der Waals surface area (Å²) in [6.45, 7) is 12.1. The Labute approximate surface area is 233 Å². The number of rotatable bonds is 22. The first-order chi connectivity index (χ1) is 19.1. The first-order valence-corrected chi connectivity index (χ1v) is 12.5. The number of unbranched alkanes of at least 4 members (excludes halogenated alkanes) is 4. The van der Waals surface area contributed by atoms with Crippen molar-refractivity contribution >= 4 is 35.9 Å². The van der Waals surface area contributed by atoms with Crippen LogP contribution in [0, 0.1) is 0 Å². The molecule has 1 N–H and O–H groups in total. The largest absolute Gasteiger partial charge is 0.458 e. The fourth-order valence-corrected chi connectivity index (χ4v) is 2.72. The van der Waals surface area contributed by atoms with E-state index in [1.165, 1.54) is 0 Å². The van der Waals surface area contributed by atoms with E-state index in [2.05, 4.69) is 31.6 Å². The van der Waals surface area contributed by atoms with Crippen LogP contribution < -0.4 is 5.32 Å². The Hall–Kier alpha value is -4.42. The van der Waals surface area contributed by atoms with Gasteiger partial charge in [-0.05, 0) is 12.8 Å². The smallest absolute Gasteiger partial charge is 0.407 e. The van der Waals surface area contributed by atoms with Gasteiger partial charge >= 0.3 is 35.9 Å². The standard InChI is InChI=1S/C27H37NO12/c1-5-22(29)35-16-20(17-36-23(30)6-2)39-26(33)14-12-10-9-11-13-15-28-27(34)40-21(18-37-24(31)7-3)19-38-25(32)8-4/h5-8,20-21H,1-4,9-19H2,(H,28,34). The number of ether oxygens (including phenoxy) is 6. The van der Waals surface area contributed by atoms with Crippen LogP contribution in [0.25, 0.3) is 0 Å². The third-order valence-corrected chi connectivity index (χ3v) is 4.71. The molecule has 0 unspecified atom stereocenters. The normalized spacial score (nSPS) is 10.1. The topological polar surface area (TPSA) is 170 Å². The van der Waals surface area contributed by atoms with Crippen LogP contribution in [0.2, 0.25) is 0 Å². The van der Waals surface area contributed by atoms with Crippen LogP contribution in [0.4, 0.5) is 4.79 Å². The molecule has 0 fully saturated rings. The van der Waals surface area contributed by atoms with Crippen LogP contribution >= 0.6 is 0 Å². The van der Waals surface area contributed by atoms with E-state index >= 15 is 0 Å². The molecule has 13 heteroatoms. The van der Waals surface area contributed by atoms with Gasteiger partial charge in [0.1, 0.15) is 26.4 Å². The second-order valence-electron chi connectivity index (χ2n) is 7.92. The lowest BCUT2D eigenvalue weighted by atomic mass is 10.1. The predicted molar refractivity (Wildman–Crippen MR) is 140 cm³/mol. The van der Waals surface area contributed by atoms with Gasteiger partial charge in [0.25, 0.3) is 0 Å². The van der Waals surface area contributed by atoms with Crippen LogP contribution in [0.5, 0.6) is 0 Å². The van der Waals surface area contributed by atoms with E-state index < -0.39 is 48.1 Å². The summed E-state index contributed by atoms with van der Waals surface area (Å²) in [7, 11) is 0. The van der Waals surface area contributed by atoms with Crippen molar-refractivity contribution < 1.29 is 57.2 Å². The predicted octanol–water partition coefficient (Wildman–Crippen LogP) is 2.25. The molecule has 0 saturated heterocycles. The van der Waals surface area contributed by atoms with Crippen molar-refractivity contribution in [3.05, 3.63) is 50.6 Å². The van der Waals surface area contributed by atoms with Crippen LogP contribution in [-0.4, -0.2) is 81.1 Å². The quantitative estimate of drug-likeness (QED) is 0.0877. The molecule has 0 bridgehead atoms. The van der Waals surface area contributed by atoms with Crippen LogP contribution in [0.15, 0.2) is 50.6 Å². The summed E-state index contributed by atoms with van der Waals surface area (Å²) < 4.78 is 29.7. The van der Waals surface area contributed by atoms with Crippen molar-refractivity contribution in [1.29, 1.82) is 0 Å². The van der Waals surface area contributed by atoms with Gasteiger partial charge in [0.05, 0.1) is 0 Å². The number of carbonyl (C=O) groups excluding carboxylic acids is 6. The van der Waals surface area contributed by atoms with Crippen molar-refractivity contribution in [3.63, 3.8) is 0 Å². The minimum absolute atomic E-state index is 0.111. The molecule has 0 aromatic rings. The summed E-state index contributed by atoms with van der Waals surface area (Å²) >= 11 is 0. The number of amides is 1. The molecular formula is C27H37NO12. The highest BCUT2D eigenvalue weighted by molar-refractivity contribution is 5.82. The van der Waals surface area contributed by atoms with E-state index in [0.717, 1.165) is 37.1 Å². The van der Waals surface area contributed by atoms with E-state index in [9.17, 15) is 28.8 Å². The van der Waals surface area contributed by atoms with E-state index in [4.69, 9.17) is 28.4 Å². The van der Waals surface area contributed by atoms with Gasteiger partial charge in [-0.1, -0.05) is 45.6 Å². The molecule has 40 heavy (non-hydrogen) atoms. The molecule has 0 radical (unpaired) electrons. The Morgan fingerprint density at radius 2 is 0.925 bits per heavy atom. The van der Waals surface area contributed by atoms with Crippen molar-refractivity contribution in [2.75, 3.05) is 33.0 Å². The molecule has 0 aliphatic rings. The lowest BCUT2D eigenvalue weighted by molar-refractivity contribution is -0.164. The first-order valence-electron chi connectivity index (χ1n) is 12.5. The molecule has 222 valence electrons. The summed E-state index contributed by atoms with van der Waals surface area (Å²) in [5.41, 5.74) is 0. The maximum absolute atomic E-state index is 12.1. The maximum Gasteiger partial charge on any atom is 0.407 e. The summed E-state index contributed by atoms with van der Waals surface area (Å²) in [5, 5.41) is 2.55. The van der Waals surface area contributed by atoms with Crippen molar-refractivity contribution in [2.24, 2.45) is 0 Å². The summed E-state index contributed by atoms with van der Waals surface area (Å²) in [6, 6.07) is 0. The maximum atomic E-state index is 12.1. The first kappa shape index (κ1) is 35.6. The molecule has 13 nitrogen and oxygen atoms in total. The van der Waals surface area contributed by atoms with Crippen LogP contribution in [0.3, 0.4) is 0 Å². The average molecular weight is 568 g/mol. The third kappa shape index (κ3) is 19.7. The Balaban J connectivity index is 4.23. The molecule has 0 aliphatic carbocycles. The SMILES string of the molecule is C=CC(=O)OCC(COC(=O)C=C)OC(=O)CCCCCCCNC(=O)OC(COC(=O)C=C)COC(=O)C=C. The van der Waals surface area contributed by atoms with E-state index in [0.29, 0.717) is 25.8 Å². The molecule has 0 spiro atoms. The minimum atomic E-state index is -1.02. The average Bonchev–Trinajstić information content (AvgIpc) is 2.95. The van der Waals surface area contributed by atoms with Gasteiger partial charge < -0.3 is 33.7 Å². The molecule has 0 aromatic heterocycles. The van der Waals surface area contributed by atoms with Crippen molar-refractivity contribution in [3.8, 4) is 0 Å². The zero-order valence-corrected chi connectivity index (χ0v) is 22.5. The lowest BCUT2D eigenvalue weighted by Crippen LogP contribution is -2.35. The van der Waals surface area contributed by atoms with Crippen molar-refractivity contribution in [2.45, 2.75) is 50.7 Å². The van der Waals surface area contributed by atoms with Gasteiger partial charge in [0.15, 0.2) is 12.2 Å². The van der Waals surface area contributed by atoms with Crippen LogP contribution in [0.1, 0.15) is 38.5 Å². The highest BCUT2D eigenvalue weighted by Gasteiger charge is 2.19. The Kier molecular flexibility index (Phi) is 20.1. The molecular weight excluding hydrogens is 530 g/mol. The van der Waals surface area contributed by atoms with Gasteiger partial charge in [-0.25, -0.2) is 24.0 Å². The number of esters is 5. The zero-order valence-electron chi connectivity index (χ0n) is 22.5. The second kappa shape index (κ2) is 22.6. The summed E-state index contributed by atoms with van der Waals surface area (Å²) in [4.78, 5) is 69.1. The Morgan fingerprint density at radius 1 is 0.550 bits per heavy atom. The monoisotopic (exact) mass is 567 g/mol. The molecule has 0 atom stereocenters. The zero-order chi connectivity index (χ0) is 30.2. The minimum Gasteiger partial charge on any atom is -0.458 e. The van der Waals surface area contributed by atoms with E-state index in [1.807, 2.05) is 0 Å². The molecule has 0 aliphatic heterocycles. The van der Waals surface area contributed by atoms with E-state index in [1.54, 1.807) is 0 Å². The van der Waals surface area contributed by atoms with Gasteiger partial charge in [-0.2, -0.15) is 0 Å². The summed E-state index contributed by atoms with van der Waals surface area (Å²) in [6.07, 6.45) is 4.57. The number of hydrogen-bond donors (Lipinski definition) is 1. The molecule has 1 amide bonds. The second-order valence-corrected chi connectivity index (χ2v) is 7.92. The number of nitrogens with one attached hydrogen (secondary N) is 1. The highest BCUT2D eigenvalue weighted by atomic mass is 16.6. The van der Waals surface area contributed by atoms with Gasteiger partial charge in [0, 0.05) is 37.3 Å². The molecule has 0 saturated carbocycles. The number of alkyl carbamates (subject to hydrolysis) is 1. The fourth-order valence-electron chi connectivity index (χ4n) is 2.72. The van der Waals surface area contributed by atoms with Gasteiger partial charge in [-0.3, -0.25) is 4.79 Å². The van der Waals surface area contributed by atoms with Crippen molar-refractivity contribution in [1.82, 2.24) is 5.32 Å². The molecule has 0 rings (SSSR count). The lowest BCUT2D eigenvalue weighted by Gasteiger charge is -2.17. The van der Waals surface area contributed by atoms with Gasteiger partial charge in [0.2, 0.25) is 0 Å². The Morgan fingerprint density at radius 3 is 1.35 bits per heavy atom. The highest BCUT2D eigenvalue weighted by Crippen LogP contribution is 2.08. The number of carbonyl (C=O) groups is 6. The third-order valence-electron chi connectivity index (χ3n) is 4.71. The molecule has 0 heterocycles. The fraction of sp³-hybridized carbons (Fsp3) is 0.481. The molecule has 0 aromatic carbocycles. The number of hydrogen-bond acceptors (Lipinski definition) is 12. The van der Waals surface area contributed by atoms with E-state index in [-0.39, 0.29) is 32.8 Å².